The zero-order valence-electron chi connectivity index (χ0n) is 17.3. The number of carbonyl (C=O) groups excluding carboxylic acids is 2. The van der Waals surface area contributed by atoms with Crippen LogP contribution in [0.1, 0.15) is 49.9 Å². The van der Waals surface area contributed by atoms with Crippen LogP contribution in [0.3, 0.4) is 0 Å². The predicted molar refractivity (Wildman–Crippen MR) is 111 cm³/mol. The molecule has 1 aromatic carbocycles. The van der Waals surface area contributed by atoms with Gasteiger partial charge in [0.1, 0.15) is 0 Å². The monoisotopic (exact) mass is 421 g/mol. The molecule has 0 bridgehead atoms. The van der Waals surface area contributed by atoms with E-state index in [-0.39, 0.29) is 22.5 Å². The van der Waals surface area contributed by atoms with Crippen LogP contribution in [0.4, 0.5) is 0 Å². The van der Waals surface area contributed by atoms with E-state index in [4.69, 9.17) is 0 Å². The Morgan fingerprint density at radius 1 is 1.14 bits per heavy atom. The number of benzene rings is 1. The van der Waals surface area contributed by atoms with Gasteiger partial charge in [-0.25, -0.2) is 8.42 Å². The fraction of sp³-hybridized carbons (Fsp3) is 0.619. The molecule has 2 aliphatic rings. The van der Waals surface area contributed by atoms with E-state index in [1.54, 1.807) is 12.1 Å². The van der Waals surface area contributed by atoms with Crippen LogP contribution in [-0.4, -0.2) is 68.1 Å². The maximum atomic E-state index is 12.9. The highest BCUT2D eigenvalue weighted by Crippen LogP contribution is 2.25. The van der Waals surface area contributed by atoms with Crippen LogP contribution in [-0.2, 0) is 14.8 Å². The van der Waals surface area contributed by atoms with Crippen molar-refractivity contribution in [1.82, 2.24) is 14.5 Å². The van der Waals surface area contributed by atoms with Gasteiger partial charge in [0.2, 0.25) is 15.9 Å². The number of piperidine rings is 1. The molecule has 7 nitrogen and oxygen atoms in total. The van der Waals surface area contributed by atoms with E-state index >= 15 is 0 Å². The van der Waals surface area contributed by atoms with Gasteiger partial charge in [-0.2, -0.15) is 4.31 Å². The third-order valence-electron chi connectivity index (χ3n) is 6.12. The molecule has 1 atom stereocenters. The Hall–Kier alpha value is -1.77. The molecule has 2 saturated heterocycles. The van der Waals surface area contributed by atoms with Crippen LogP contribution in [0, 0.1) is 5.92 Å². The molecule has 0 spiro atoms. The summed E-state index contributed by atoms with van der Waals surface area (Å²) in [6, 6.07) is 6.56. The molecule has 1 N–H and O–H groups in total. The number of nitrogens with one attached hydrogen (secondary N) is 1. The van der Waals surface area contributed by atoms with Gasteiger partial charge in [-0.05, 0) is 57.8 Å². The van der Waals surface area contributed by atoms with E-state index in [1.165, 1.54) is 29.8 Å². The van der Waals surface area contributed by atoms with Crippen molar-refractivity contribution in [3.63, 3.8) is 0 Å². The average Bonchev–Trinajstić information content (AvgIpc) is 3.19. The molecule has 2 fully saturated rings. The number of carbonyl (C=O) groups is 2. The summed E-state index contributed by atoms with van der Waals surface area (Å²) in [5.41, 5.74) is 0.383. The van der Waals surface area contributed by atoms with Crippen molar-refractivity contribution < 1.29 is 18.0 Å². The van der Waals surface area contributed by atoms with Gasteiger partial charge in [0, 0.05) is 37.2 Å². The van der Waals surface area contributed by atoms with Gasteiger partial charge in [-0.3, -0.25) is 14.5 Å². The summed E-state index contributed by atoms with van der Waals surface area (Å²) in [7, 11) is -3.66. The maximum Gasteiger partial charge on any atom is 0.243 e. The number of ketones is 1. The Morgan fingerprint density at radius 3 is 2.52 bits per heavy atom. The second-order valence-corrected chi connectivity index (χ2v) is 9.87. The summed E-state index contributed by atoms with van der Waals surface area (Å²) >= 11 is 0. The predicted octanol–water partition coefficient (Wildman–Crippen LogP) is 1.89. The minimum atomic E-state index is -3.66. The topological polar surface area (TPSA) is 86.8 Å². The van der Waals surface area contributed by atoms with Crippen molar-refractivity contribution in [2.45, 2.75) is 50.5 Å². The van der Waals surface area contributed by atoms with Crippen molar-refractivity contribution in [2.24, 2.45) is 5.92 Å². The standard InChI is InChI=1S/C21H31N3O4S/c1-3-23-11-5-7-19(23)15-22-21(26)17-9-12-24(13-10-17)29(27,28)20-8-4-6-18(14-20)16(2)25/h4,6,8,14,17,19H,3,5,7,9-13,15H2,1-2H3,(H,22,26)/t19-/m1/s1. The molecule has 2 aliphatic heterocycles. The van der Waals surface area contributed by atoms with E-state index in [0.717, 1.165) is 19.5 Å². The Bertz CT molecular complexity index is 847. The zero-order valence-corrected chi connectivity index (χ0v) is 18.1. The number of hydrogen-bond acceptors (Lipinski definition) is 5. The molecule has 8 heteroatoms. The molecule has 0 unspecified atom stereocenters. The Balaban J connectivity index is 1.55. The highest BCUT2D eigenvalue weighted by Gasteiger charge is 2.33. The minimum Gasteiger partial charge on any atom is -0.354 e. The van der Waals surface area contributed by atoms with Crippen molar-refractivity contribution in [3.05, 3.63) is 29.8 Å². The summed E-state index contributed by atoms with van der Waals surface area (Å²) in [5.74, 6) is -0.286. The molecule has 160 valence electrons. The zero-order chi connectivity index (χ0) is 21.0. The van der Waals surface area contributed by atoms with Gasteiger partial charge >= 0.3 is 0 Å². The largest absolute Gasteiger partial charge is 0.354 e. The number of nitrogens with zero attached hydrogens (tertiary/aromatic N) is 2. The van der Waals surface area contributed by atoms with E-state index in [9.17, 15) is 18.0 Å². The van der Waals surface area contributed by atoms with Crippen LogP contribution in [0.5, 0.6) is 0 Å². The second kappa shape index (κ2) is 9.36. The van der Waals surface area contributed by atoms with Crippen molar-refractivity contribution >= 4 is 21.7 Å². The lowest BCUT2D eigenvalue weighted by Crippen LogP contribution is -2.45. The first-order valence-corrected chi connectivity index (χ1v) is 11.9. The summed E-state index contributed by atoms with van der Waals surface area (Å²) in [5, 5.41) is 3.08. The molecule has 0 aliphatic carbocycles. The van der Waals surface area contributed by atoms with E-state index in [0.29, 0.717) is 44.1 Å². The van der Waals surface area contributed by atoms with Gasteiger partial charge in [-0.15, -0.1) is 0 Å². The first-order chi connectivity index (χ1) is 13.8. The van der Waals surface area contributed by atoms with Gasteiger partial charge in [0.25, 0.3) is 0 Å². The molecule has 0 radical (unpaired) electrons. The lowest BCUT2D eigenvalue weighted by atomic mass is 9.97. The van der Waals surface area contributed by atoms with Gasteiger partial charge in [0.15, 0.2) is 5.78 Å². The van der Waals surface area contributed by atoms with Gasteiger partial charge in [0.05, 0.1) is 4.90 Å². The van der Waals surface area contributed by atoms with E-state index < -0.39 is 10.0 Å². The number of sulfonamides is 1. The molecule has 3 rings (SSSR count). The molecule has 1 amide bonds. The number of Topliss-reactive ketones (excluding diaryl/α,β-unsaturated/α-hetero) is 1. The fourth-order valence-electron chi connectivity index (χ4n) is 4.29. The third kappa shape index (κ3) is 5.05. The van der Waals surface area contributed by atoms with Crippen molar-refractivity contribution in [2.75, 3.05) is 32.7 Å². The lowest BCUT2D eigenvalue weighted by molar-refractivity contribution is -0.126. The van der Waals surface area contributed by atoms with Crippen LogP contribution in [0.2, 0.25) is 0 Å². The van der Waals surface area contributed by atoms with Crippen molar-refractivity contribution in [1.29, 1.82) is 0 Å². The Labute approximate surface area is 173 Å². The quantitative estimate of drug-likeness (QED) is 0.680. The minimum absolute atomic E-state index is 0.0311. The SMILES string of the molecule is CCN1CCC[C@@H]1CNC(=O)C1CCN(S(=O)(=O)c2cccc(C(C)=O)c2)CC1. The maximum absolute atomic E-state index is 12.9. The first kappa shape index (κ1) is 21.9. The summed E-state index contributed by atoms with van der Waals surface area (Å²) in [4.78, 5) is 26.6. The second-order valence-electron chi connectivity index (χ2n) is 7.93. The van der Waals surface area contributed by atoms with Gasteiger partial charge in [-0.1, -0.05) is 19.1 Å². The fourth-order valence-corrected chi connectivity index (χ4v) is 5.80. The molecule has 2 heterocycles. The molecule has 0 saturated carbocycles. The highest BCUT2D eigenvalue weighted by atomic mass is 32.2. The lowest BCUT2D eigenvalue weighted by Gasteiger charge is -2.31. The molecular formula is C21H31N3O4S. The van der Waals surface area contributed by atoms with Crippen LogP contribution in [0.15, 0.2) is 29.2 Å². The summed E-state index contributed by atoms with van der Waals surface area (Å²) in [6.45, 7) is 6.96. The van der Waals surface area contributed by atoms with Crippen molar-refractivity contribution in [3.8, 4) is 0 Å². The molecular weight excluding hydrogens is 390 g/mol. The number of hydrogen-bond donors (Lipinski definition) is 1. The Kier molecular flexibility index (Phi) is 7.08. The smallest absolute Gasteiger partial charge is 0.243 e. The molecule has 29 heavy (non-hydrogen) atoms. The third-order valence-corrected chi connectivity index (χ3v) is 8.01. The van der Waals surface area contributed by atoms with Gasteiger partial charge < -0.3 is 5.32 Å². The van der Waals surface area contributed by atoms with Crippen LogP contribution < -0.4 is 5.32 Å². The molecule has 1 aromatic rings. The van der Waals surface area contributed by atoms with Crippen LogP contribution >= 0.6 is 0 Å². The normalized spacial score (nSPS) is 21.9. The van der Waals surface area contributed by atoms with Crippen LogP contribution in [0.25, 0.3) is 0 Å². The Morgan fingerprint density at radius 2 is 1.86 bits per heavy atom. The average molecular weight is 422 g/mol. The summed E-state index contributed by atoms with van der Waals surface area (Å²) in [6.07, 6.45) is 3.32. The number of amides is 1. The summed E-state index contributed by atoms with van der Waals surface area (Å²) < 4.78 is 27.3. The van der Waals surface area contributed by atoms with E-state index in [1.807, 2.05) is 0 Å². The number of likely N-dealkylation sites (tertiary alicyclic amines) is 1. The number of likely N-dealkylation sites (N-methyl/N-ethyl adjacent to an activating group) is 1. The molecule has 0 aromatic heterocycles. The van der Waals surface area contributed by atoms with E-state index in [2.05, 4.69) is 17.1 Å². The first-order valence-electron chi connectivity index (χ1n) is 10.5. The highest BCUT2D eigenvalue weighted by molar-refractivity contribution is 7.89. The number of rotatable bonds is 7.